The van der Waals surface area contributed by atoms with E-state index in [2.05, 4.69) is 15.6 Å². The van der Waals surface area contributed by atoms with Crippen LogP contribution in [0.1, 0.15) is 58.0 Å². The van der Waals surface area contributed by atoms with E-state index in [1.54, 1.807) is 0 Å². The smallest absolute Gasteiger partial charge is 0.291 e. The van der Waals surface area contributed by atoms with Gasteiger partial charge in [-0.15, -0.1) is 0 Å². The van der Waals surface area contributed by atoms with Gasteiger partial charge in [0.05, 0.1) is 5.69 Å². The van der Waals surface area contributed by atoms with E-state index in [0.717, 1.165) is 55.6 Å². The van der Waals surface area contributed by atoms with Gasteiger partial charge < -0.3 is 15.2 Å². The lowest BCUT2D eigenvalue weighted by Gasteiger charge is -2.17. The molecule has 0 unspecified atom stereocenters. The van der Waals surface area contributed by atoms with Crippen molar-refractivity contribution in [1.82, 2.24) is 14.9 Å². The summed E-state index contributed by atoms with van der Waals surface area (Å²) in [6.45, 7) is 2.73. The Labute approximate surface area is 146 Å². The van der Waals surface area contributed by atoms with Crippen LogP contribution in [0.15, 0.2) is 24.3 Å². The van der Waals surface area contributed by atoms with Crippen LogP contribution in [0.4, 0.5) is 5.69 Å². The number of aryl methyl sites for hydroxylation is 1. The molecule has 2 aromatic rings. The molecule has 4 rings (SSSR count). The number of imidazole rings is 1. The highest BCUT2D eigenvalue weighted by Gasteiger charge is 2.30. The maximum absolute atomic E-state index is 12.7. The number of anilines is 1. The number of rotatable bonds is 4. The lowest BCUT2D eigenvalue weighted by molar-refractivity contribution is 0.0945. The van der Waals surface area contributed by atoms with Crippen LogP contribution in [0.3, 0.4) is 0 Å². The lowest BCUT2D eigenvalue weighted by Crippen LogP contribution is -2.27. The largest absolute Gasteiger partial charge is 0.348 e. The van der Waals surface area contributed by atoms with E-state index in [0.29, 0.717) is 11.5 Å². The Morgan fingerprint density at radius 3 is 2.60 bits per heavy atom. The van der Waals surface area contributed by atoms with Gasteiger partial charge >= 0.3 is 0 Å². The molecule has 2 N–H and O–H groups in total. The summed E-state index contributed by atoms with van der Waals surface area (Å²) in [6.07, 6.45) is 4.87. The molecule has 0 saturated heterocycles. The average Bonchev–Trinajstić information content (AvgIpc) is 3.33. The molecule has 1 aromatic heterocycles. The van der Waals surface area contributed by atoms with Crippen LogP contribution in [0, 0.1) is 6.92 Å². The number of hydrogen-bond donors (Lipinski definition) is 2. The Kier molecular flexibility index (Phi) is 4.03. The van der Waals surface area contributed by atoms with E-state index in [-0.39, 0.29) is 17.9 Å². The van der Waals surface area contributed by atoms with Gasteiger partial charge in [0.2, 0.25) is 0 Å². The van der Waals surface area contributed by atoms with Crippen LogP contribution >= 0.6 is 0 Å². The maximum atomic E-state index is 12.7. The van der Waals surface area contributed by atoms with E-state index in [1.807, 2.05) is 35.8 Å². The molecule has 25 heavy (non-hydrogen) atoms. The summed E-state index contributed by atoms with van der Waals surface area (Å²) in [7, 11) is 0. The van der Waals surface area contributed by atoms with Gasteiger partial charge in [0.1, 0.15) is 5.69 Å². The fourth-order valence-corrected chi connectivity index (χ4v) is 3.20. The fraction of sp³-hybridized carbons (Fsp3) is 0.421. The zero-order valence-corrected chi connectivity index (χ0v) is 14.3. The third-order valence-electron chi connectivity index (χ3n) is 4.76. The van der Waals surface area contributed by atoms with Crippen LogP contribution in [-0.4, -0.2) is 27.4 Å². The monoisotopic (exact) mass is 338 g/mol. The molecule has 1 aromatic carbocycles. The molecule has 1 fully saturated rings. The normalized spacial score (nSPS) is 16.2. The number of amides is 2. The Balaban J connectivity index is 1.61. The molecule has 1 aliphatic heterocycles. The molecular weight excluding hydrogens is 316 g/mol. The summed E-state index contributed by atoms with van der Waals surface area (Å²) in [4.78, 5) is 29.6. The quantitative estimate of drug-likeness (QED) is 0.900. The molecule has 1 saturated carbocycles. The highest BCUT2D eigenvalue weighted by Crippen LogP contribution is 2.24. The third kappa shape index (κ3) is 3.29. The van der Waals surface area contributed by atoms with E-state index < -0.39 is 0 Å². The van der Waals surface area contributed by atoms with E-state index in [9.17, 15) is 9.59 Å². The van der Waals surface area contributed by atoms with E-state index in [1.165, 1.54) is 0 Å². The van der Waals surface area contributed by atoms with Crippen LogP contribution in [0.25, 0.3) is 0 Å². The minimum Gasteiger partial charge on any atom is -0.348 e. The van der Waals surface area contributed by atoms with Gasteiger partial charge in [-0.05, 0) is 51.2 Å². The molecule has 130 valence electrons. The molecule has 6 nitrogen and oxygen atoms in total. The molecule has 0 atom stereocenters. The van der Waals surface area contributed by atoms with Crippen molar-refractivity contribution in [2.45, 2.75) is 51.6 Å². The van der Waals surface area contributed by atoms with Gasteiger partial charge in [-0.25, -0.2) is 4.98 Å². The number of nitrogens with one attached hydrogen (secondary N) is 2. The zero-order valence-electron chi connectivity index (χ0n) is 14.3. The van der Waals surface area contributed by atoms with Crippen molar-refractivity contribution in [2.24, 2.45) is 0 Å². The van der Waals surface area contributed by atoms with E-state index >= 15 is 0 Å². The topological polar surface area (TPSA) is 76.0 Å². The number of fused-ring (bicyclic) bond motifs is 1. The van der Waals surface area contributed by atoms with Crippen molar-refractivity contribution in [3.05, 3.63) is 47.0 Å². The molecule has 2 heterocycles. The highest BCUT2D eigenvalue weighted by molar-refractivity contribution is 6.03. The number of aromatic nitrogens is 2. The summed E-state index contributed by atoms with van der Waals surface area (Å²) in [5.41, 5.74) is 3.17. The summed E-state index contributed by atoms with van der Waals surface area (Å²) < 4.78 is 1.91. The number of benzene rings is 1. The van der Waals surface area contributed by atoms with Crippen LogP contribution in [-0.2, 0) is 13.0 Å². The molecule has 0 spiro atoms. The first kappa shape index (κ1) is 15.9. The number of carbonyl (C=O) groups is 2. The first-order chi connectivity index (χ1) is 12.1. The third-order valence-corrected chi connectivity index (χ3v) is 4.76. The van der Waals surface area contributed by atoms with Crippen LogP contribution < -0.4 is 10.6 Å². The van der Waals surface area contributed by atoms with Crippen molar-refractivity contribution in [3.8, 4) is 0 Å². The zero-order chi connectivity index (χ0) is 17.4. The molecular formula is C19H22N4O2. The lowest BCUT2D eigenvalue weighted by atomic mass is 10.1. The SMILES string of the molecule is Cc1ccc(NC(=O)c2nc(C(=O)NC3CC3)c3n2CCCC3)cc1. The second-order valence-corrected chi connectivity index (χ2v) is 6.91. The molecule has 0 radical (unpaired) electrons. The minimum absolute atomic E-state index is 0.150. The summed E-state index contributed by atoms with van der Waals surface area (Å²) in [5, 5.41) is 5.87. The van der Waals surface area contributed by atoms with Crippen molar-refractivity contribution in [2.75, 3.05) is 5.32 Å². The predicted molar refractivity (Wildman–Crippen MR) is 94.8 cm³/mol. The van der Waals surface area contributed by atoms with Crippen molar-refractivity contribution in [3.63, 3.8) is 0 Å². The number of carbonyl (C=O) groups excluding carboxylic acids is 2. The van der Waals surface area contributed by atoms with Gasteiger partial charge in [-0.1, -0.05) is 17.7 Å². The number of nitrogens with zero attached hydrogens (tertiary/aromatic N) is 2. The fourth-order valence-electron chi connectivity index (χ4n) is 3.20. The Morgan fingerprint density at radius 1 is 1.12 bits per heavy atom. The number of hydrogen-bond acceptors (Lipinski definition) is 3. The Bertz CT molecular complexity index is 819. The predicted octanol–water partition coefficient (Wildman–Crippen LogP) is 2.67. The Hall–Kier alpha value is -2.63. The first-order valence-electron chi connectivity index (χ1n) is 8.90. The molecule has 0 bridgehead atoms. The highest BCUT2D eigenvalue weighted by atomic mass is 16.2. The van der Waals surface area contributed by atoms with Crippen molar-refractivity contribution < 1.29 is 9.59 Å². The molecule has 2 amide bonds. The van der Waals surface area contributed by atoms with Gasteiger partial charge in [0.25, 0.3) is 11.8 Å². The summed E-state index contributed by atoms with van der Waals surface area (Å²) in [6, 6.07) is 7.91. The average molecular weight is 338 g/mol. The van der Waals surface area contributed by atoms with Crippen LogP contribution in [0.5, 0.6) is 0 Å². The Morgan fingerprint density at radius 2 is 1.88 bits per heavy atom. The second-order valence-electron chi connectivity index (χ2n) is 6.91. The van der Waals surface area contributed by atoms with Gasteiger partial charge in [0.15, 0.2) is 5.82 Å². The first-order valence-corrected chi connectivity index (χ1v) is 8.90. The molecule has 6 heteroatoms. The van der Waals surface area contributed by atoms with Gasteiger partial charge in [-0.3, -0.25) is 9.59 Å². The summed E-state index contributed by atoms with van der Waals surface area (Å²) >= 11 is 0. The molecule has 2 aliphatic rings. The van der Waals surface area contributed by atoms with Gasteiger partial charge in [0, 0.05) is 18.3 Å². The van der Waals surface area contributed by atoms with Gasteiger partial charge in [-0.2, -0.15) is 0 Å². The van der Waals surface area contributed by atoms with Crippen LogP contribution in [0.2, 0.25) is 0 Å². The summed E-state index contributed by atoms with van der Waals surface area (Å²) in [5.74, 6) is -0.0868. The van der Waals surface area contributed by atoms with Crippen molar-refractivity contribution >= 4 is 17.5 Å². The van der Waals surface area contributed by atoms with Crippen molar-refractivity contribution in [1.29, 1.82) is 0 Å². The maximum Gasteiger partial charge on any atom is 0.291 e. The minimum atomic E-state index is -0.266. The van der Waals surface area contributed by atoms with E-state index in [4.69, 9.17) is 0 Å². The second kappa shape index (κ2) is 6.35. The standard InChI is InChI=1S/C19H22N4O2/c1-12-5-7-13(8-6-12)21-19(25)17-22-16(18(24)20-14-9-10-14)15-4-2-3-11-23(15)17/h5-8,14H,2-4,9-11H2,1H3,(H,20,24)(H,21,25). The molecule has 1 aliphatic carbocycles.